The van der Waals surface area contributed by atoms with Crippen molar-refractivity contribution >= 4 is 11.8 Å². The van der Waals surface area contributed by atoms with Gasteiger partial charge in [0.15, 0.2) is 0 Å². The van der Waals surface area contributed by atoms with Gasteiger partial charge in [0.25, 0.3) is 0 Å². The van der Waals surface area contributed by atoms with Crippen LogP contribution in [0, 0.1) is 17.3 Å². The molecular weight excluding hydrogens is 316 g/mol. The van der Waals surface area contributed by atoms with Gasteiger partial charge >= 0.3 is 0 Å². The number of hydrogen-bond acceptors (Lipinski definition) is 3. The SMILES string of the molecule is O=C(CCC1CN(C(=O)C2CC2)CC12CCCCC2)N1CCOCC1. The Morgan fingerprint density at radius 2 is 1.72 bits per heavy atom. The first-order valence-corrected chi connectivity index (χ1v) is 10.3. The Morgan fingerprint density at radius 3 is 2.40 bits per heavy atom. The van der Waals surface area contributed by atoms with Crippen LogP contribution in [0.4, 0.5) is 0 Å². The smallest absolute Gasteiger partial charge is 0.225 e. The Morgan fingerprint density at radius 1 is 1.00 bits per heavy atom. The van der Waals surface area contributed by atoms with Crippen LogP contribution in [0.15, 0.2) is 0 Å². The van der Waals surface area contributed by atoms with Gasteiger partial charge in [0, 0.05) is 38.5 Å². The fraction of sp³-hybridized carbons (Fsp3) is 0.900. The standard InChI is InChI=1S/C20H32N2O3/c23-18(21-10-12-25-13-11-21)7-6-17-14-22(19(24)16-4-5-16)15-20(17)8-2-1-3-9-20/h16-17H,1-15H2. The van der Waals surface area contributed by atoms with Gasteiger partial charge in [-0.2, -0.15) is 0 Å². The second kappa shape index (κ2) is 7.26. The minimum atomic E-state index is 0.279. The van der Waals surface area contributed by atoms with Gasteiger partial charge < -0.3 is 14.5 Å². The zero-order valence-electron chi connectivity index (χ0n) is 15.4. The highest BCUT2D eigenvalue weighted by molar-refractivity contribution is 5.81. The summed E-state index contributed by atoms with van der Waals surface area (Å²) < 4.78 is 5.35. The van der Waals surface area contributed by atoms with Crippen LogP contribution in [-0.4, -0.2) is 61.0 Å². The predicted octanol–water partition coefficient (Wildman–Crippen LogP) is 2.44. The molecule has 2 amide bonds. The molecule has 0 aromatic carbocycles. The Bertz CT molecular complexity index is 505. The highest BCUT2D eigenvalue weighted by atomic mass is 16.5. The van der Waals surface area contributed by atoms with Gasteiger partial charge in [-0.15, -0.1) is 0 Å². The fourth-order valence-corrected chi connectivity index (χ4v) is 5.28. The number of rotatable bonds is 4. The van der Waals surface area contributed by atoms with E-state index in [1.807, 2.05) is 4.90 Å². The van der Waals surface area contributed by atoms with E-state index in [9.17, 15) is 9.59 Å². The number of amides is 2. The number of carbonyl (C=O) groups excluding carboxylic acids is 2. The van der Waals surface area contributed by atoms with Gasteiger partial charge in [-0.3, -0.25) is 9.59 Å². The molecule has 5 nitrogen and oxygen atoms in total. The van der Waals surface area contributed by atoms with Crippen LogP contribution in [0.5, 0.6) is 0 Å². The lowest BCUT2D eigenvalue weighted by Crippen LogP contribution is -2.41. The van der Waals surface area contributed by atoms with E-state index in [2.05, 4.69) is 4.90 Å². The largest absolute Gasteiger partial charge is 0.378 e. The van der Waals surface area contributed by atoms with Crippen molar-refractivity contribution in [3.63, 3.8) is 0 Å². The first kappa shape index (κ1) is 17.3. The quantitative estimate of drug-likeness (QED) is 0.784. The van der Waals surface area contributed by atoms with E-state index in [1.54, 1.807) is 0 Å². The topological polar surface area (TPSA) is 49.9 Å². The Balaban J connectivity index is 1.38. The van der Waals surface area contributed by atoms with Gasteiger partial charge in [-0.05, 0) is 43.4 Å². The average Bonchev–Trinajstić information content (AvgIpc) is 3.45. The maximum Gasteiger partial charge on any atom is 0.225 e. The van der Waals surface area contributed by atoms with E-state index >= 15 is 0 Å². The van der Waals surface area contributed by atoms with Crippen LogP contribution in [0.1, 0.15) is 57.8 Å². The maximum absolute atomic E-state index is 12.6. The van der Waals surface area contributed by atoms with Crippen LogP contribution in [0.2, 0.25) is 0 Å². The average molecular weight is 348 g/mol. The van der Waals surface area contributed by atoms with Crippen molar-refractivity contribution in [2.45, 2.75) is 57.8 Å². The lowest BCUT2D eigenvalue weighted by atomic mass is 9.66. The summed E-state index contributed by atoms with van der Waals surface area (Å²) in [5.74, 6) is 1.50. The second-order valence-electron chi connectivity index (χ2n) is 8.64. The number of hydrogen-bond donors (Lipinski definition) is 0. The molecule has 1 atom stereocenters. The van der Waals surface area contributed by atoms with E-state index in [1.165, 1.54) is 32.1 Å². The van der Waals surface area contributed by atoms with E-state index < -0.39 is 0 Å². The second-order valence-corrected chi connectivity index (χ2v) is 8.64. The molecule has 4 aliphatic rings. The normalized spacial score (nSPS) is 29.2. The predicted molar refractivity (Wildman–Crippen MR) is 94.9 cm³/mol. The van der Waals surface area contributed by atoms with Gasteiger partial charge in [-0.1, -0.05) is 19.3 Å². The summed E-state index contributed by atoms with van der Waals surface area (Å²) in [4.78, 5) is 29.3. The molecule has 2 aliphatic carbocycles. The molecule has 25 heavy (non-hydrogen) atoms. The van der Waals surface area contributed by atoms with Crippen molar-refractivity contribution in [2.24, 2.45) is 17.3 Å². The molecule has 0 bridgehead atoms. The molecule has 4 rings (SSSR count). The van der Waals surface area contributed by atoms with Gasteiger partial charge in [0.1, 0.15) is 0 Å². The van der Waals surface area contributed by atoms with Crippen LogP contribution >= 0.6 is 0 Å². The number of likely N-dealkylation sites (tertiary alicyclic amines) is 1. The van der Waals surface area contributed by atoms with Crippen LogP contribution in [-0.2, 0) is 14.3 Å². The van der Waals surface area contributed by atoms with Crippen molar-refractivity contribution in [3.05, 3.63) is 0 Å². The third kappa shape index (κ3) is 3.71. The molecule has 2 saturated heterocycles. The molecule has 2 saturated carbocycles. The van der Waals surface area contributed by atoms with Crippen molar-refractivity contribution in [2.75, 3.05) is 39.4 Å². The molecule has 0 aromatic rings. The zero-order valence-corrected chi connectivity index (χ0v) is 15.4. The Kier molecular flexibility index (Phi) is 5.03. The molecule has 1 unspecified atom stereocenters. The van der Waals surface area contributed by atoms with Crippen molar-refractivity contribution < 1.29 is 14.3 Å². The van der Waals surface area contributed by atoms with E-state index in [0.717, 1.165) is 45.4 Å². The number of nitrogens with zero attached hydrogens (tertiary/aromatic N) is 2. The molecule has 0 N–H and O–H groups in total. The first-order chi connectivity index (χ1) is 12.2. The maximum atomic E-state index is 12.6. The van der Waals surface area contributed by atoms with E-state index in [0.29, 0.717) is 42.8 Å². The van der Waals surface area contributed by atoms with Crippen LogP contribution in [0.25, 0.3) is 0 Å². The third-order valence-corrected chi connectivity index (χ3v) is 6.97. The van der Waals surface area contributed by atoms with E-state index in [-0.39, 0.29) is 5.91 Å². The molecule has 2 heterocycles. The highest BCUT2D eigenvalue weighted by Crippen LogP contribution is 2.50. The summed E-state index contributed by atoms with van der Waals surface area (Å²) in [7, 11) is 0. The molecule has 0 aromatic heterocycles. The summed E-state index contributed by atoms with van der Waals surface area (Å²) in [5.41, 5.74) is 0.300. The first-order valence-electron chi connectivity index (χ1n) is 10.3. The summed E-state index contributed by atoms with van der Waals surface area (Å²) in [6.07, 6.45) is 10.2. The summed E-state index contributed by atoms with van der Waals surface area (Å²) in [6.45, 7) is 4.66. The molecule has 5 heteroatoms. The number of morpholine rings is 1. The lowest BCUT2D eigenvalue weighted by Gasteiger charge is -2.38. The summed E-state index contributed by atoms with van der Waals surface area (Å²) in [5, 5.41) is 0. The minimum Gasteiger partial charge on any atom is -0.378 e. The molecule has 0 radical (unpaired) electrons. The van der Waals surface area contributed by atoms with E-state index in [4.69, 9.17) is 4.74 Å². The number of carbonyl (C=O) groups is 2. The molecule has 1 spiro atoms. The van der Waals surface area contributed by atoms with Crippen molar-refractivity contribution in [1.29, 1.82) is 0 Å². The van der Waals surface area contributed by atoms with Crippen LogP contribution < -0.4 is 0 Å². The van der Waals surface area contributed by atoms with Crippen LogP contribution in [0.3, 0.4) is 0 Å². The zero-order chi connectivity index (χ0) is 17.3. The summed E-state index contributed by atoms with van der Waals surface area (Å²) in [6, 6.07) is 0. The third-order valence-electron chi connectivity index (χ3n) is 6.97. The van der Waals surface area contributed by atoms with Gasteiger partial charge in [0.05, 0.1) is 13.2 Å². The Labute approximate surface area is 151 Å². The summed E-state index contributed by atoms with van der Waals surface area (Å²) >= 11 is 0. The highest BCUT2D eigenvalue weighted by Gasteiger charge is 2.49. The lowest BCUT2D eigenvalue weighted by molar-refractivity contribution is -0.135. The van der Waals surface area contributed by atoms with Gasteiger partial charge in [-0.25, -0.2) is 0 Å². The molecule has 2 aliphatic heterocycles. The Hall–Kier alpha value is -1.10. The molecule has 4 fully saturated rings. The molecule has 140 valence electrons. The van der Waals surface area contributed by atoms with Crippen molar-refractivity contribution in [1.82, 2.24) is 9.80 Å². The van der Waals surface area contributed by atoms with Crippen molar-refractivity contribution in [3.8, 4) is 0 Å². The molecular formula is C20H32N2O3. The monoisotopic (exact) mass is 348 g/mol. The fourth-order valence-electron chi connectivity index (χ4n) is 5.28. The number of ether oxygens (including phenoxy) is 1. The van der Waals surface area contributed by atoms with Gasteiger partial charge in [0.2, 0.25) is 11.8 Å². The minimum absolute atomic E-state index is 0.279.